The van der Waals surface area contributed by atoms with Gasteiger partial charge in [0.1, 0.15) is 0 Å². The highest BCUT2D eigenvalue weighted by atomic mass is 35.5. The molecular weight excluding hydrogens is 186 g/mol. The molecule has 0 saturated carbocycles. The lowest BCUT2D eigenvalue weighted by molar-refractivity contribution is 0.169. The SMILES string of the molecule is Cc1cccc(Cl)c1C(O)CCN. The summed E-state index contributed by atoms with van der Waals surface area (Å²) in [5.74, 6) is 0. The van der Waals surface area contributed by atoms with Gasteiger partial charge in [0.05, 0.1) is 6.10 Å². The van der Waals surface area contributed by atoms with Gasteiger partial charge in [-0.1, -0.05) is 23.7 Å². The first kappa shape index (κ1) is 10.5. The maximum Gasteiger partial charge on any atom is 0.0819 e. The van der Waals surface area contributed by atoms with Crippen molar-refractivity contribution in [3.8, 4) is 0 Å². The number of nitrogens with two attached hydrogens (primary N) is 1. The molecule has 0 bridgehead atoms. The molecule has 1 aromatic carbocycles. The summed E-state index contributed by atoms with van der Waals surface area (Å²) in [4.78, 5) is 0. The molecule has 1 unspecified atom stereocenters. The molecule has 0 aliphatic rings. The van der Waals surface area contributed by atoms with E-state index in [0.717, 1.165) is 11.1 Å². The molecule has 0 amide bonds. The van der Waals surface area contributed by atoms with Gasteiger partial charge < -0.3 is 10.8 Å². The van der Waals surface area contributed by atoms with Crippen LogP contribution in [0.2, 0.25) is 5.02 Å². The van der Waals surface area contributed by atoms with Crippen LogP contribution in [0.1, 0.15) is 23.7 Å². The zero-order chi connectivity index (χ0) is 9.84. The fourth-order valence-electron chi connectivity index (χ4n) is 1.37. The second-order valence-corrected chi connectivity index (χ2v) is 3.47. The van der Waals surface area contributed by atoms with Crippen molar-refractivity contribution in [2.45, 2.75) is 19.4 Å². The number of hydrogen-bond acceptors (Lipinski definition) is 2. The van der Waals surface area contributed by atoms with E-state index >= 15 is 0 Å². The highest BCUT2D eigenvalue weighted by Gasteiger charge is 2.12. The van der Waals surface area contributed by atoms with Gasteiger partial charge in [-0.25, -0.2) is 0 Å². The van der Waals surface area contributed by atoms with Crippen molar-refractivity contribution in [1.82, 2.24) is 0 Å². The molecule has 1 atom stereocenters. The Kier molecular flexibility index (Phi) is 3.72. The molecule has 0 aliphatic carbocycles. The second kappa shape index (κ2) is 4.61. The van der Waals surface area contributed by atoms with Crippen LogP contribution < -0.4 is 5.73 Å². The molecule has 2 nitrogen and oxygen atoms in total. The van der Waals surface area contributed by atoms with Gasteiger partial charge in [-0.15, -0.1) is 0 Å². The Morgan fingerprint density at radius 1 is 1.54 bits per heavy atom. The zero-order valence-corrected chi connectivity index (χ0v) is 8.38. The number of aliphatic hydroxyl groups is 1. The summed E-state index contributed by atoms with van der Waals surface area (Å²) in [5.41, 5.74) is 7.17. The molecule has 1 aromatic rings. The van der Waals surface area contributed by atoms with Crippen molar-refractivity contribution < 1.29 is 5.11 Å². The maximum atomic E-state index is 9.72. The molecule has 0 radical (unpaired) electrons. The maximum absolute atomic E-state index is 9.72. The molecule has 0 fully saturated rings. The predicted octanol–water partition coefficient (Wildman–Crippen LogP) is 2.03. The zero-order valence-electron chi connectivity index (χ0n) is 7.63. The number of aryl methyl sites for hydroxylation is 1. The van der Waals surface area contributed by atoms with E-state index in [1.165, 1.54) is 0 Å². The van der Waals surface area contributed by atoms with Crippen molar-refractivity contribution in [2.75, 3.05) is 6.54 Å². The van der Waals surface area contributed by atoms with E-state index in [-0.39, 0.29) is 0 Å². The van der Waals surface area contributed by atoms with E-state index in [4.69, 9.17) is 17.3 Å². The van der Waals surface area contributed by atoms with E-state index in [1.54, 1.807) is 6.07 Å². The van der Waals surface area contributed by atoms with Gasteiger partial charge in [0.2, 0.25) is 0 Å². The minimum absolute atomic E-state index is 0.464. The molecule has 0 aliphatic heterocycles. The summed E-state index contributed by atoms with van der Waals surface area (Å²) in [5, 5.41) is 10.3. The van der Waals surface area contributed by atoms with Crippen LogP contribution in [0.3, 0.4) is 0 Å². The molecule has 0 spiro atoms. The molecule has 1 rings (SSSR count). The van der Waals surface area contributed by atoms with Gasteiger partial charge in [0.25, 0.3) is 0 Å². The van der Waals surface area contributed by atoms with Crippen LogP contribution in [-0.4, -0.2) is 11.7 Å². The topological polar surface area (TPSA) is 46.2 Å². The fraction of sp³-hybridized carbons (Fsp3) is 0.400. The standard InChI is InChI=1S/C10H14ClNO/c1-7-3-2-4-8(11)10(7)9(13)5-6-12/h2-4,9,13H,5-6,12H2,1H3. The Balaban J connectivity index is 2.98. The van der Waals surface area contributed by atoms with Crippen molar-refractivity contribution in [3.63, 3.8) is 0 Å². The Morgan fingerprint density at radius 2 is 2.23 bits per heavy atom. The van der Waals surface area contributed by atoms with Crippen LogP contribution in [0.4, 0.5) is 0 Å². The third-order valence-electron chi connectivity index (χ3n) is 2.04. The number of halogens is 1. The number of hydrogen-bond donors (Lipinski definition) is 2. The van der Waals surface area contributed by atoms with E-state index in [1.807, 2.05) is 19.1 Å². The van der Waals surface area contributed by atoms with Crippen molar-refractivity contribution in [3.05, 3.63) is 34.3 Å². The van der Waals surface area contributed by atoms with E-state index in [9.17, 15) is 5.11 Å². The van der Waals surface area contributed by atoms with Crippen LogP contribution in [0, 0.1) is 6.92 Å². The Morgan fingerprint density at radius 3 is 2.77 bits per heavy atom. The van der Waals surface area contributed by atoms with Crippen molar-refractivity contribution >= 4 is 11.6 Å². The summed E-state index contributed by atoms with van der Waals surface area (Å²) in [6.07, 6.45) is 0.00333. The van der Waals surface area contributed by atoms with Crippen LogP contribution in [-0.2, 0) is 0 Å². The third kappa shape index (κ3) is 2.44. The molecule has 3 N–H and O–H groups in total. The van der Waals surface area contributed by atoms with Crippen molar-refractivity contribution in [2.24, 2.45) is 5.73 Å². The first-order chi connectivity index (χ1) is 6.16. The second-order valence-electron chi connectivity index (χ2n) is 3.06. The van der Waals surface area contributed by atoms with Crippen LogP contribution in [0.5, 0.6) is 0 Å². The van der Waals surface area contributed by atoms with Gasteiger partial charge >= 0.3 is 0 Å². The van der Waals surface area contributed by atoms with Gasteiger partial charge in [0, 0.05) is 10.6 Å². The van der Waals surface area contributed by atoms with Gasteiger partial charge in [-0.3, -0.25) is 0 Å². The summed E-state index contributed by atoms with van der Waals surface area (Å²) < 4.78 is 0. The fourth-order valence-corrected chi connectivity index (χ4v) is 1.72. The first-order valence-electron chi connectivity index (χ1n) is 4.30. The number of benzene rings is 1. The Hall–Kier alpha value is -0.570. The predicted molar refractivity (Wildman–Crippen MR) is 54.8 cm³/mol. The number of aliphatic hydroxyl groups excluding tert-OH is 1. The molecular formula is C10H14ClNO. The largest absolute Gasteiger partial charge is 0.388 e. The van der Waals surface area contributed by atoms with E-state index < -0.39 is 6.10 Å². The summed E-state index contributed by atoms with van der Waals surface area (Å²) >= 11 is 5.96. The van der Waals surface area contributed by atoms with Gasteiger partial charge in [-0.2, -0.15) is 0 Å². The molecule has 0 heterocycles. The van der Waals surface area contributed by atoms with E-state index in [2.05, 4.69) is 0 Å². The summed E-state index contributed by atoms with van der Waals surface area (Å²) in [7, 11) is 0. The lowest BCUT2D eigenvalue weighted by atomic mass is 10.0. The quantitative estimate of drug-likeness (QED) is 0.783. The van der Waals surface area contributed by atoms with Gasteiger partial charge in [-0.05, 0) is 31.5 Å². The van der Waals surface area contributed by atoms with E-state index in [0.29, 0.717) is 18.0 Å². The number of rotatable bonds is 3. The molecule has 0 aromatic heterocycles. The Bertz CT molecular complexity index is 268. The third-order valence-corrected chi connectivity index (χ3v) is 2.37. The monoisotopic (exact) mass is 199 g/mol. The summed E-state index contributed by atoms with van der Waals surface area (Å²) in [6.45, 7) is 2.40. The minimum Gasteiger partial charge on any atom is -0.388 e. The average Bonchev–Trinajstić information content (AvgIpc) is 2.04. The van der Waals surface area contributed by atoms with Gasteiger partial charge in [0.15, 0.2) is 0 Å². The van der Waals surface area contributed by atoms with Crippen molar-refractivity contribution in [1.29, 1.82) is 0 Å². The Labute approximate surface area is 83.3 Å². The highest BCUT2D eigenvalue weighted by molar-refractivity contribution is 6.31. The normalized spacial score (nSPS) is 12.9. The smallest absolute Gasteiger partial charge is 0.0819 e. The lowest BCUT2D eigenvalue weighted by Crippen LogP contribution is -2.08. The highest BCUT2D eigenvalue weighted by Crippen LogP contribution is 2.27. The lowest BCUT2D eigenvalue weighted by Gasteiger charge is -2.14. The molecule has 72 valence electrons. The molecule has 0 saturated heterocycles. The molecule has 3 heteroatoms. The van der Waals surface area contributed by atoms with Crippen LogP contribution in [0.25, 0.3) is 0 Å². The summed E-state index contributed by atoms with van der Waals surface area (Å²) in [6, 6.07) is 5.58. The minimum atomic E-state index is -0.543. The average molecular weight is 200 g/mol. The first-order valence-corrected chi connectivity index (χ1v) is 4.67. The molecule has 13 heavy (non-hydrogen) atoms. The van der Waals surface area contributed by atoms with Crippen LogP contribution in [0.15, 0.2) is 18.2 Å². The van der Waals surface area contributed by atoms with Crippen LogP contribution >= 0.6 is 11.6 Å².